The molecule has 0 aliphatic carbocycles. The molecule has 0 aliphatic heterocycles. The van der Waals surface area contributed by atoms with Gasteiger partial charge in [-0.2, -0.15) is 0 Å². The van der Waals surface area contributed by atoms with Crippen molar-refractivity contribution in [2.45, 2.75) is 271 Å². The predicted molar refractivity (Wildman–Crippen MR) is 227 cm³/mol. The molecule has 0 saturated heterocycles. The third kappa shape index (κ3) is 37.7. The zero-order chi connectivity index (χ0) is 38.2. The average molecular weight is 738 g/mol. The Balaban J connectivity index is 4.18. The average Bonchev–Trinajstić information content (AvgIpc) is 3.13. The van der Waals surface area contributed by atoms with Gasteiger partial charge < -0.3 is 19.8 Å². The molecule has 5 nitrogen and oxygen atoms in total. The fourth-order valence-corrected chi connectivity index (χ4v) is 7.64. The lowest BCUT2D eigenvalue weighted by Gasteiger charge is -2.27. The number of aliphatic hydroxyl groups is 2. The van der Waals surface area contributed by atoms with Crippen LogP contribution in [0.15, 0.2) is 0 Å². The van der Waals surface area contributed by atoms with Crippen LogP contribution in [0.25, 0.3) is 0 Å². The van der Waals surface area contributed by atoms with Gasteiger partial charge in [0.1, 0.15) is 0 Å². The molecule has 0 bridgehead atoms. The van der Waals surface area contributed by atoms with E-state index < -0.39 is 11.7 Å². The first-order valence-corrected chi connectivity index (χ1v) is 23.6. The standard InChI is InChI=1S/C47H95NO4/c1-5-7-9-11-13-15-17-19-21-23-25-27-29-31-33-36-40-48(46(51)39-35-38-42-52-47(3,4)43-45(50)44-49)41-37-34-32-30-28-26-24-22-20-18-16-14-12-10-8-6-2/h45,49-50H,5-44H2,1-4H3. The Kier molecular flexibility index (Phi) is 39.5. The summed E-state index contributed by atoms with van der Waals surface area (Å²) in [5.41, 5.74) is -0.474. The number of carbonyl (C=O) groups excluding carboxylic acids is 1. The van der Waals surface area contributed by atoms with Gasteiger partial charge in [0, 0.05) is 32.5 Å². The number of rotatable bonds is 43. The highest BCUT2D eigenvalue weighted by Crippen LogP contribution is 2.19. The monoisotopic (exact) mass is 738 g/mol. The van der Waals surface area contributed by atoms with Gasteiger partial charge in [-0.15, -0.1) is 0 Å². The first-order chi connectivity index (χ1) is 25.4. The van der Waals surface area contributed by atoms with E-state index in [0.29, 0.717) is 25.4 Å². The fraction of sp³-hybridized carbons (Fsp3) is 0.979. The van der Waals surface area contributed by atoms with Crippen molar-refractivity contribution in [3.63, 3.8) is 0 Å². The van der Waals surface area contributed by atoms with Gasteiger partial charge in [-0.1, -0.05) is 206 Å². The Morgan fingerprint density at radius 2 is 0.808 bits per heavy atom. The first-order valence-electron chi connectivity index (χ1n) is 23.6. The lowest BCUT2D eigenvalue weighted by atomic mass is 10.0. The quantitative estimate of drug-likeness (QED) is 0.0611. The third-order valence-corrected chi connectivity index (χ3v) is 11.1. The summed E-state index contributed by atoms with van der Waals surface area (Å²) < 4.78 is 5.98. The van der Waals surface area contributed by atoms with Gasteiger partial charge in [-0.3, -0.25) is 4.79 Å². The smallest absolute Gasteiger partial charge is 0.222 e. The van der Waals surface area contributed by atoms with E-state index >= 15 is 0 Å². The van der Waals surface area contributed by atoms with Gasteiger partial charge in [-0.25, -0.2) is 0 Å². The topological polar surface area (TPSA) is 70.0 Å². The van der Waals surface area contributed by atoms with Crippen molar-refractivity contribution in [1.29, 1.82) is 0 Å². The highest BCUT2D eigenvalue weighted by molar-refractivity contribution is 5.76. The Labute approximate surface area is 326 Å². The molecule has 0 saturated carbocycles. The Morgan fingerprint density at radius 3 is 1.12 bits per heavy atom. The maximum absolute atomic E-state index is 13.3. The van der Waals surface area contributed by atoms with Crippen molar-refractivity contribution in [1.82, 2.24) is 4.90 Å². The molecule has 2 N–H and O–H groups in total. The van der Waals surface area contributed by atoms with E-state index in [1.165, 1.54) is 193 Å². The summed E-state index contributed by atoms with van der Waals surface area (Å²) in [5, 5.41) is 18.9. The molecule has 0 heterocycles. The van der Waals surface area contributed by atoms with Crippen LogP contribution in [0.1, 0.15) is 259 Å². The van der Waals surface area contributed by atoms with Gasteiger partial charge in [-0.05, 0) is 39.5 Å². The molecule has 1 amide bonds. The molecule has 0 aliphatic rings. The molecular weight excluding hydrogens is 643 g/mol. The summed E-state index contributed by atoms with van der Waals surface area (Å²) in [6.45, 7) is 10.7. The van der Waals surface area contributed by atoms with Crippen LogP contribution in [-0.2, 0) is 9.53 Å². The van der Waals surface area contributed by atoms with Gasteiger partial charge in [0.25, 0.3) is 0 Å². The summed E-state index contributed by atoms with van der Waals surface area (Å²) in [6, 6.07) is 0. The van der Waals surface area contributed by atoms with Gasteiger partial charge in [0.05, 0.1) is 18.3 Å². The summed E-state index contributed by atoms with van der Waals surface area (Å²) in [4.78, 5) is 15.5. The molecule has 0 spiro atoms. The van der Waals surface area contributed by atoms with E-state index in [-0.39, 0.29) is 6.61 Å². The molecule has 0 aromatic carbocycles. The molecule has 312 valence electrons. The summed E-state index contributed by atoms with van der Waals surface area (Å²) >= 11 is 0. The van der Waals surface area contributed by atoms with Crippen molar-refractivity contribution in [2.24, 2.45) is 0 Å². The lowest BCUT2D eigenvalue weighted by Crippen LogP contribution is -2.33. The van der Waals surface area contributed by atoms with Crippen molar-refractivity contribution in [3.05, 3.63) is 0 Å². The van der Waals surface area contributed by atoms with E-state index in [1.807, 2.05) is 13.8 Å². The molecule has 0 aromatic heterocycles. The van der Waals surface area contributed by atoms with Crippen LogP contribution in [0.4, 0.5) is 0 Å². The lowest BCUT2D eigenvalue weighted by molar-refractivity contribution is -0.131. The second kappa shape index (κ2) is 40.0. The van der Waals surface area contributed by atoms with Crippen LogP contribution in [0, 0.1) is 0 Å². The predicted octanol–water partition coefficient (Wildman–Crippen LogP) is 14.0. The SMILES string of the molecule is CCCCCCCCCCCCCCCCCCN(CCCCCCCCCCCCCCCCCC)C(=O)CCCCOC(C)(C)CC(O)CO. The molecule has 0 fully saturated rings. The summed E-state index contributed by atoms with van der Waals surface area (Å²) in [7, 11) is 0. The van der Waals surface area contributed by atoms with E-state index in [1.54, 1.807) is 0 Å². The minimum absolute atomic E-state index is 0.240. The molecule has 0 rings (SSSR count). The fourth-order valence-electron chi connectivity index (χ4n) is 7.64. The van der Waals surface area contributed by atoms with Crippen LogP contribution in [0.2, 0.25) is 0 Å². The van der Waals surface area contributed by atoms with Crippen LogP contribution in [0.5, 0.6) is 0 Å². The van der Waals surface area contributed by atoms with Gasteiger partial charge in [0.2, 0.25) is 5.91 Å². The second-order valence-electron chi connectivity index (χ2n) is 17.1. The van der Waals surface area contributed by atoms with E-state index in [4.69, 9.17) is 9.84 Å². The summed E-state index contributed by atoms with van der Waals surface area (Å²) in [5.74, 6) is 0.317. The molecule has 52 heavy (non-hydrogen) atoms. The van der Waals surface area contributed by atoms with Crippen molar-refractivity contribution in [2.75, 3.05) is 26.3 Å². The Hall–Kier alpha value is -0.650. The highest BCUT2D eigenvalue weighted by atomic mass is 16.5. The minimum Gasteiger partial charge on any atom is -0.394 e. The Bertz CT molecular complexity index is 678. The van der Waals surface area contributed by atoms with Crippen LogP contribution < -0.4 is 0 Å². The van der Waals surface area contributed by atoms with Crippen molar-refractivity contribution < 1.29 is 19.7 Å². The van der Waals surface area contributed by atoms with Crippen LogP contribution in [-0.4, -0.2) is 59.0 Å². The maximum atomic E-state index is 13.3. The van der Waals surface area contributed by atoms with E-state index in [0.717, 1.165) is 38.8 Å². The number of hydrogen-bond donors (Lipinski definition) is 2. The number of amides is 1. The minimum atomic E-state index is -0.751. The number of unbranched alkanes of at least 4 members (excludes halogenated alkanes) is 31. The molecule has 0 radical (unpaired) electrons. The highest BCUT2D eigenvalue weighted by Gasteiger charge is 2.22. The number of carbonyl (C=O) groups is 1. The molecule has 5 heteroatoms. The maximum Gasteiger partial charge on any atom is 0.222 e. The zero-order valence-corrected chi connectivity index (χ0v) is 36.0. The van der Waals surface area contributed by atoms with E-state index in [2.05, 4.69) is 18.7 Å². The van der Waals surface area contributed by atoms with Gasteiger partial charge >= 0.3 is 0 Å². The van der Waals surface area contributed by atoms with E-state index in [9.17, 15) is 9.90 Å². The number of ether oxygens (including phenoxy) is 1. The van der Waals surface area contributed by atoms with Crippen molar-refractivity contribution in [3.8, 4) is 0 Å². The molecule has 1 atom stereocenters. The van der Waals surface area contributed by atoms with Gasteiger partial charge in [0.15, 0.2) is 0 Å². The van der Waals surface area contributed by atoms with Crippen LogP contribution in [0.3, 0.4) is 0 Å². The zero-order valence-electron chi connectivity index (χ0n) is 36.0. The number of aliphatic hydroxyl groups excluding tert-OH is 2. The Morgan fingerprint density at radius 1 is 0.500 bits per heavy atom. The largest absolute Gasteiger partial charge is 0.394 e. The first kappa shape index (κ1) is 51.4. The molecular formula is C47H95NO4. The normalized spacial score (nSPS) is 12.5. The molecule has 0 aromatic rings. The second-order valence-corrected chi connectivity index (χ2v) is 17.1. The third-order valence-electron chi connectivity index (χ3n) is 11.1. The van der Waals surface area contributed by atoms with Crippen molar-refractivity contribution >= 4 is 5.91 Å². The number of nitrogens with zero attached hydrogens (tertiary/aromatic N) is 1. The number of hydrogen-bond acceptors (Lipinski definition) is 4. The van der Waals surface area contributed by atoms with Crippen LogP contribution >= 0.6 is 0 Å². The molecule has 1 unspecified atom stereocenters. The summed E-state index contributed by atoms with van der Waals surface area (Å²) in [6.07, 6.45) is 45.9.